The number of aromatic nitrogens is 2. The highest BCUT2D eigenvalue weighted by molar-refractivity contribution is 5.82. The summed E-state index contributed by atoms with van der Waals surface area (Å²) in [6, 6.07) is 11.6. The zero-order valence-electron chi connectivity index (χ0n) is 11.0. The molecule has 0 fully saturated rings. The molecule has 0 radical (unpaired) electrons. The molecule has 0 atom stereocenters. The molecule has 19 heavy (non-hydrogen) atoms. The van der Waals surface area contributed by atoms with Gasteiger partial charge in [0.15, 0.2) is 11.5 Å². The average Bonchev–Trinajstić information content (AvgIpc) is 3.05. The Labute approximate surface area is 112 Å². The van der Waals surface area contributed by atoms with Crippen LogP contribution in [0.1, 0.15) is 0 Å². The number of pyridine rings is 1. The van der Waals surface area contributed by atoms with E-state index in [1.54, 1.807) is 20.4 Å². The van der Waals surface area contributed by atoms with Crippen molar-refractivity contribution in [3.05, 3.63) is 55.0 Å². The quantitative estimate of drug-likeness (QED) is 0.765. The van der Waals surface area contributed by atoms with Crippen LogP contribution in [0.4, 0.5) is 0 Å². The summed E-state index contributed by atoms with van der Waals surface area (Å²) >= 11 is 0. The predicted molar refractivity (Wildman–Crippen MR) is 75.6 cm³/mol. The van der Waals surface area contributed by atoms with Crippen molar-refractivity contribution in [3.63, 3.8) is 0 Å². The van der Waals surface area contributed by atoms with E-state index in [9.17, 15) is 0 Å². The van der Waals surface area contributed by atoms with E-state index >= 15 is 0 Å². The highest BCUT2D eigenvalue weighted by Gasteiger charge is 2.05. The number of hydrogen-bond donors (Lipinski definition) is 1. The first kappa shape index (κ1) is 13.0. The lowest BCUT2D eigenvalue weighted by Crippen LogP contribution is -1.90. The predicted octanol–water partition coefficient (Wildman–Crippen LogP) is 3.27. The zero-order chi connectivity index (χ0) is 13.5. The van der Waals surface area contributed by atoms with Gasteiger partial charge in [0.2, 0.25) is 0 Å². The topological polar surface area (TPSA) is 47.1 Å². The maximum atomic E-state index is 5.19. The van der Waals surface area contributed by atoms with Crippen molar-refractivity contribution in [2.24, 2.45) is 0 Å². The van der Waals surface area contributed by atoms with Gasteiger partial charge in [0.25, 0.3) is 0 Å². The molecule has 0 saturated heterocycles. The van der Waals surface area contributed by atoms with Gasteiger partial charge in [-0.15, -0.1) is 0 Å². The SMILES string of the molecule is COc1cc2cccnc2cc1OC.c1cc[nH]c1. The van der Waals surface area contributed by atoms with Crippen LogP contribution in [0.2, 0.25) is 0 Å². The van der Waals surface area contributed by atoms with E-state index in [1.165, 1.54) is 0 Å². The Hall–Kier alpha value is -2.49. The lowest BCUT2D eigenvalue weighted by atomic mass is 10.2. The summed E-state index contributed by atoms with van der Waals surface area (Å²) < 4.78 is 10.4. The van der Waals surface area contributed by atoms with Gasteiger partial charge in [-0.1, -0.05) is 6.07 Å². The number of aromatic amines is 1. The molecule has 3 rings (SSSR count). The smallest absolute Gasteiger partial charge is 0.162 e. The molecule has 4 heteroatoms. The summed E-state index contributed by atoms with van der Waals surface area (Å²) in [5.74, 6) is 1.44. The molecule has 0 aliphatic carbocycles. The molecule has 0 aliphatic heterocycles. The largest absolute Gasteiger partial charge is 0.493 e. The molecule has 0 spiro atoms. The fraction of sp³-hybridized carbons (Fsp3) is 0.133. The van der Waals surface area contributed by atoms with Gasteiger partial charge in [0, 0.05) is 30.0 Å². The number of ether oxygens (including phenoxy) is 2. The summed E-state index contributed by atoms with van der Waals surface area (Å²) in [6.07, 6.45) is 5.51. The minimum Gasteiger partial charge on any atom is -0.493 e. The minimum atomic E-state index is 0.707. The van der Waals surface area contributed by atoms with Gasteiger partial charge in [-0.3, -0.25) is 4.98 Å². The monoisotopic (exact) mass is 256 g/mol. The lowest BCUT2D eigenvalue weighted by molar-refractivity contribution is 0.356. The Bertz CT molecular complexity index is 561. The fourth-order valence-corrected chi connectivity index (χ4v) is 1.68. The molecule has 2 aromatic heterocycles. The maximum Gasteiger partial charge on any atom is 0.162 e. The minimum absolute atomic E-state index is 0.707. The molecule has 0 bridgehead atoms. The van der Waals surface area contributed by atoms with E-state index in [-0.39, 0.29) is 0 Å². The molecule has 1 aromatic carbocycles. The third-order valence-corrected chi connectivity index (χ3v) is 2.60. The third-order valence-electron chi connectivity index (χ3n) is 2.60. The van der Waals surface area contributed by atoms with Crippen LogP contribution >= 0.6 is 0 Å². The number of H-pyrrole nitrogens is 1. The van der Waals surface area contributed by atoms with Crippen molar-refractivity contribution in [3.8, 4) is 11.5 Å². The molecular formula is C15H16N2O2. The molecule has 0 unspecified atom stereocenters. The lowest BCUT2D eigenvalue weighted by Gasteiger charge is -2.08. The van der Waals surface area contributed by atoms with Crippen molar-refractivity contribution < 1.29 is 9.47 Å². The molecule has 0 saturated carbocycles. The van der Waals surface area contributed by atoms with Crippen LogP contribution in [0.5, 0.6) is 11.5 Å². The zero-order valence-corrected chi connectivity index (χ0v) is 11.0. The van der Waals surface area contributed by atoms with Gasteiger partial charge in [0.05, 0.1) is 19.7 Å². The van der Waals surface area contributed by atoms with Gasteiger partial charge in [-0.2, -0.15) is 0 Å². The van der Waals surface area contributed by atoms with Crippen molar-refractivity contribution in [2.75, 3.05) is 14.2 Å². The van der Waals surface area contributed by atoms with Gasteiger partial charge < -0.3 is 14.5 Å². The van der Waals surface area contributed by atoms with Crippen LogP contribution in [-0.4, -0.2) is 24.2 Å². The number of methoxy groups -OCH3 is 2. The van der Waals surface area contributed by atoms with Crippen molar-refractivity contribution >= 4 is 10.9 Å². The van der Waals surface area contributed by atoms with Crippen molar-refractivity contribution in [2.45, 2.75) is 0 Å². The summed E-state index contributed by atoms with van der Waals surface area (Å²) in [5, 5.41) is 1.05. The molecule has 4 nitrogen and oxygen atoms in total. The molecule has 2 heterocycles. The second kappa shape index (κ2) is 6.44. The number of nitrogens with zero attached hydrogens (tertiary/aromatic N) is 1. The number of fused-ring (bicyclic) bond motifs is 1. The van der Waals surface area contributed by atoms with Crippen molar-refractivity contribution in [1.82, 2.24) is 9.97 Å². The van der Waals surface area contributed by atoms with E-state index in [4.69, 9.17) is 9.47 Å². The molecule has 1 N–H and O–H groups in total. The van der Waals surface area contributed by atoms with E-state index in [1.807, 2.05) is 48.8 Å². The second-order valence-electron chi connectivity index (χ2n) is 3.79. The first-order valence-electron chi connectivity index (χ1n) is 5.89. The normalized spacial score (nSPS) is 9.58. The Balaban J connectivity index is 0.000000224. The van der Waals surface area contributed by atoms with Gasteiger partial charge >= 0.3 is 0 Å². The number of hydrogen-bond acceptors (Lipinski definition) is 3. The Morgan fingerprint density at radius 1 is 0.947 bits per heavy atom. The maximum absolute atomic E-state index is 5.19. The molecule has 98 valence electrons. The summed E-state index contributed by atoms with van der Waals surface area (Å²) in [4.78, 5) is 7.09. The highest BCUT2D eigenvalue weighted by Crippen LogP contribution is 2.30. The fourth-order valence-electron chi connectivity index (χ4n) is 1.68. The number of benzene rings is 1. The van der Waals surface area contributed by atoms with E-state index in [0.717, 1.165) is 16.7 Å². The van der Waals surface area contributed by atoms with E-state index in [2.05, 4.69) is 9.97 Å². The first-order valence-corrected chi connectivity index (χ1v) is 5.89. The second-order valence-corrected chi connectivity index (χ2v) is 3.79. The van der Waals surface area contributed by atoms with Crippen molar-refractivity contribution in [1.29, 1.82) is 0 Å². The van der Waals surface area contributed by atoms with Gasteiger partial charge in [-0.25, -0.2) is 0 Å². The first-order chi connectivity index (χ1) is 9.35. The molecule has 0 aliphatic rings. The molecule has 0 amide bonds. The average molecular weight is 256 g/mol. The van der Waals surface area contributed by atoms with E-state index < -0.39 is 0 Å². The Morgan fingerprint density at radius 2 is 1.63 bits per heavy atom. The van der Waals surface area contributed by atoms with E-state index in [0.29, 0.717) is 5.75 Å². The van der Waals surface area contributed by atoms with Gasteiger partial charge in [-0.05, 0) is 24.3 Å². The van der Waals surface area contributed by atoms with Crippen LogP contribution in [0, 0.1) is 0 Å². The summed E-state index contributed by atoms with van der Waals surface area (Å²) in [6.45, 7) is 0. The number of rotatable bonds is 2. The van der Waals surface area contributed by atoms with Gasteiger partial charge in [0.1, 0.15) is 0 Å². The van der Waals surface area contributed by atoms with Crippen LogP contribution in [0.15, 0.2) is 55.0 Å². The standard InChI is InChI=1S/C11H11NO2.C4H5N/c1-13-10-6-8-4-3-5-12-9(8)7-11(10)14-2;1-2-4-5-3-1/h3-7H,1-2H3;1-5H. The third kappa shape index (κ3) is 3.25. The van der Waals surface area contributed by atoms with Crippen LogP contribution in [0.3, 0.4) is 0 Å². The Morgan fingerprint density at radius 3 is 2.21 bits per heavy atom. The molecule has 3 aromatic rings. The van der Waals surface area contributed by atoms with Crippen LogP contribution in [0.25, 0.3) is 10.9 Å². The van der Waals surface area contributed by atoms with Crippen LogP contribution < -0.4 is 9.47 Å². The summed E-state index contributed by atoms with van der Waals surface area (Å²) in [5.41, 5.74) is 0.908. The van der Waals surface area contributed by atoms with Crippen LogP contribution in [-0.2, 0) is 0 Å². The highest BCUT2D eigenvalue weighted by atomic mass is 16.5. The summed E-state index contributed by atoms with van der Waals surface area (Å²) in [7, 11) is 3.24. The number of nitrogens with one attached hydrogen (secondary N) is 1. The molecular weight excluding hydrogens is 240 g/mol. The Kier molecular flexibility index (Phi) is 4.39.